The van der Waals surface area contributed by atoms with Crippen molar-refractivity contribution < 1.29 is 19.4 Å². The Kier molecular flexibility index (Phi) is 7.68. The van der Waals surface area contributed by atoms with Crippen molar-refractivity contribution in [1.82, 2.24) is 4.98 Å². The van der Waals surface area contributed by atoms with E-state index in [9.17, 15) is 9.90 Å². The lowest BCUT2D eigenvalue weighted by Crippen LogP contribution is -2.36. The van der Waals surface area contributed by atoms with Crippen LogP contribution in [0, 0.1) is 0 Å². The number of nitrogens with zero attached hydrogens (tertiary/aromatic N) is 3. The van der Waals surface area contributed by atoms with Crippen LogP contribution in [0.1, 0.15) is 12.5 Å². The maximum absolute atomic E-state index is 12.5. The lowest BCUT2D eigenvalue weighted by Gasteiger charge is -2.29. The Balaban J connectivity index is 2.02. The van der Waals surface area contributed by atoms with Gasteiger partial charge < -0.3 is 19.5 Å². The zero-order chi connectivity index (χ0) is 21.5. The molecule has 0 amide bonds. The molecule has 0 atom stereocenters. The largest absolute Gasteiger partial charge is 0.506 e. The second-order valence-electron chi connectivity index (χ2n) is 6.32. The first-order valence-corrected chi connectivity index (χ1v) is 10.1. The van der Waals surface area contributed by atoms with E-state index in [1.165, 1.54) is 18.5 Å². The fourth-order valence-electron chi connectivity index (χ4n) is 2.93. The van der Waals surface area contributed by atoms with Gasteiger partial charge in [-0.1, -0.05) is 35.3 Å². The molecule has 9 heteroatoms. The molecule has 1 aliphatic rings. The minimum Gasteiger partial charge on any atom is -0.506 e. The van der Waals surface area contributed by atoms with Crippen LogP contribution in [0.15, 0.2) is 47.1 Å². The summed E-state index contributed by atoms with van der Waals surface area (Å²) in [6, 6.07) is 8.96. The maximum atomic E-state index is 12.5. The molecule has 1 saturated heterocycles. The second kappa shape index (κ2) is 10.4. The highest BCUT2D eigenvalue weighted by molar-refractivity contribution is 6.33. The monoisotopic (exact) mass is 449 g/mol. The highest BCUT2D eigenvalue weighted by atomic mass is 35.5. The maximum Gasteiger partial charge on any atom is 0.343 e. The van der Waals surface area contributed by atoms with E-state index in [1.54, 1.807) is 6.92 Å². The van der Waals surface area contributed by atoms with Gasteiger partial charge in [-0.25, -0.2) is 9.78 Å². The van der Waals surface area contributed by atoms with Gasteiger partial charge in [0.05, 0.1) is 41.8 Å². The van der Waals surface area contributed by atoms with Gasteiger partial charge >= 0.3 is 5.97 Å². The number of hydrogen-bond donors (Lipinski definition) is 1. The van der Waals surface area contributed by atoms with Crippen molar-refractivity contribution in [2.75, 3.05) is 37.8 Å². The summed E-state index contributed by atoms with van der Waals surface area (Å²) < 4.78 is 10.5. The molecule has 0 unspecified atom stereocenters. The third-order valence-electron chi connectivity index (χ3n) is 4.38. The van der Waals surface area contributed by atoms with Gasteiger partial charge in [-0.2, -0.15) is 0 Å². The topological polar surface area (TPSA) is 84.2 Å². The summed E-state index contributed by atoms with van der Waals surface area (Å²) in [5.74, 6) is -1.15. The molecule has 1 aromatic carbocycles. The number of morpholine rings is 1. The quantitative estimate of drug-likeness (QED) is 0.230. The molecule has 2 heterocycles. The summed E-state index contributed by atoms with van der Waals surface area (Å²) in [7, 11) is 0. The van der Waals surface area contributed by atoms with Gasteiger partial charge in [-0.05, 0) is 25.1 Å². The number of ether oxygens (including phenoxy) is 2. The Labute approximate surface area is 184 Å². The van der Waals surface area contributed by atoms with Crippen molar-refractivity contribution in [3.63, 3.8) is 0 Å². The van der Waals surface area contributed by atoms with E-state index in [-0.39, 0.29) is 27.9 Å². The number of hydrogen-bond acceptors (Lipinski definition) is 7. The number of aliphatic hydroxyl groups is 1. The van der Waals surface area contributed by atoms with Crippen LogP contribution in [-0.4, -0.2) is 55.2 Å². The Hall–Kier alpha value is -2.61. The molecule has 7 nitrogen and oxygen atoms in total. The molecule has 0 spiro atoms. The molecule has 1 fully saturated rings. The van der Waals surface area contributed by atoms with E-state index in [0.29, 0.717) is 18.9 Å². The minimum absolute atomic E-state index is 0.000755. The third-order valence-corrected chi connectivity index (χ3v) is 4.89. The van der Waals surface area contributed by atoms with Crippen LogP contribution < -0.4 is 4.90 Å². The fourth-order valence-corrected chi connectivity index (χ4v) is 3.28. The third kappa shape index (κ3) is 5.30. The number of pyridine rings is 1. The molecule has 158 valence electrons. The van der Waals surface area contributed by atoms with Crippen LogP contribution in [0.25, 0.3) is 5.76 Å². The van der Waals surface area contributed by atoms with Crippen molar-refractivity contribution in [3.8, 4) is 0 Å². The van der Waals surface area contributed by atoms with Crippen molar-refractivity contribution >= 4 is 52.5 Å². The smallest absolute Gasteiger partial charge is 0.343 e. The number of aliphatic hydroxyl groups excluding tert-OH is 1. The summed E-state index contributed by atoms with van der Waals surface area (Å²) in [6.45, 7) is 4.55. The van der Waals surface area contributed by atoms with Crippen molar-refractivity contribution in [2.24, 2.45) is 4.99 Å². The van der Waals surface area contributed by atoms with Gasteiger partial charge in [0.15, 0.2) is 0 Å². The van der Waals surface area contributed by atoms with E-state index < -0.39 is 11.7 Å². The van der Waals surface area contributed by atoms with Gasteiger partial charge in [-0.15, -0.1) is 0 Å². The predicted octanol–water partition coefficient (Wildman–Crippen LogP) is 4.46. The van der Waals surface area contributed by atoms with Crippen molar-refractivity contribution in [1.29, 1.82) is 0 Å². The molecule has 1 N–H and O–H groups in total. The average molecular weight is 450 g/mol. The number of carbonyl (C=O) groups excluding carboxylic acids is 1. The molecule has 1 aliphatic heterocycles. The summed E-state index contributed by atoms with van der Waals surface area (Å²) in [5, 5.41) is 11.0. The zero-order valence-corrected chi connectivity index (χ0v) is 17.9. The normalized spacial score (nSPS) is 15.2. The number of benzene rings is 1. The number of halogens is 2. The molecule has 2 aromatic rings. The molecule has 0 radical (unpaired) electrons. The standard InChI is InChI=1S/C21H21Cl2N3O4/c1-2-30-21(28)16(19(27)15-11-14(22)12-25-20(15)23)13-24-17-5-3-4-6-18(17)26-7-9-29-10-8-26/h3-6,11-13,27H,2,7-10H2,1H3. The van der Waals surface area contributed by atoms with Crippen LogP contribution in [0.3, 0.4) is 0 Å². The number of esters is 1. The minimum atomic E-state index is -0.737. The van der Waals surface area contributed by atoms with Crippen LogP contribution in [0.5, 0.6) is 0 Å². The molecular formula is C21H21Cl2N3O4. The Morgan fingerprint density at radius 1 is 1.33 bits per heavy atom. The predicted molar refractivity (Wildman–Crippen MR) is 118 cm³/mol. The number of para-hydroxylation sites is 2. The SMILES string of the molecule is CCOC(=O)C(C=Nc1ccccc1N1CCOCC1)=C(O)c1cc(Cl)cnc1Cl. The van der Waals surface area contributed by atoms with Gasteiger partial charge in [0, 0.05) is 25.5 Å². The molecule has 0 bridgehead atoms. The summed E-state index contributed by atoms with van der Waals surface area (Å²) >= 11 is 12.0. The van der Waals surface area contributed by atoms with E-state index in [2.05, 4.69) is 14.9 Å². The summed E-state index contributed by atoms with van der Waals surface area (Å²) in [4.78, 5) is 23.0. The van der Waals surface area contributed by atoms with Crippen LogP contribution in [-0.2, 0) is 14.3 Å². The second-order valence-corrected chi connectivity index (χ2v) is 7.12. The van der Waals surface area contributed by atoms with E-state index in [0.717, 1.165) is 18.8 Å². The molecule has 1 aromatic heterocycles. The number of aromatic nitrogens is 1. The van der Waals surface area contributed by atoms with Gasteiger partial charge in [0.25, 0.3) is 0 Å². The summed E-state index contributed by atoms with van der Waals surface area (Å²) in [6.07, 6.45) is 2.61. The van der Waals surface area contributed by atoms with E-state index in [1.807, 2.05) is 24.3 Å². The lowest BCUT2D eigenvalue weighted by atomic mass is 10.1. The highest BCUT2D eigenvalue weighted by Gasteiger charge is 2.20. The molecule has 0 saturated carbocycles. The van der Waals surface area contributed by atoms with Crippen molar-refractivity contribution in [3.05, 3.63) is 57.8 Å². The summed E-state index contributed by atoms with van der Waals surface area (Å²) in [5.41, 5.74) is 1.51. The fraction of sp³-hybridized carbons (Fsp3) is 0.286. The number of carbonyl (C=O) groups is 1. The van der Waals surface area contributed by atoms with Gasteiger partial charge in [0.2, 0.25) is 0 Å². The first kappa shape index (κ1) is 22.1. The Bertz CT molecular complexity index is 972. The average Bonchev–Trinajstić information content (AvgIpc) is 2.76. The molecule has 30 heavy (non-hydrogen) atoms. The first-order valence-electron chi connectivity index (χ1n) is 9.38. The van der Waals surface area contributed by atoms with Gasteiger partial charge in [-0.3, -0.25) is 4.99 Å². The molecular weight excluding hydrogens is 429 g/mol. The lowest BCUT2D eigenvalue weighted by molar-refractivity contribution is -0.137. The molecule has 3 rings (SSSR count). The van der Waals surface area contributed by atoms with Gasteiger partial charge in [0.1, 0.15) is 16.5 Å². The van der Waals surface area contributed by atoms with Crippen molar-refractivity contribution in [2.45, 2.75) is 6.92 Å². The number of anilines is 1. The molecule has 0 aliphatic carbocycles. The van der Waals surface area contributed by atoms with Crippen LogP contribution in [0.2, 0.25) is 10.2 Å². The zero-order valence-electron chi connectivity index (χ0n) is 16.3. The van der Waals surface area contributed by atoms with Crippen LogP contribution in [0.4, 0.5) is 11.4 Å². The highest BCUT2D eigenvalue weighted by Crippen LogP contribution is 2.30. The number of rotatable bonds is 6. The Morgan fingerprint density at radius 2 is 2.07 bits per heavy atom. The van der Waals surface area contributed by atoms with E-state index in [4.69, 9.17) is 32.7 Å². The van der Waals surface area contributed by atoms with E-state index >= 15 is 0 Å². The first-order chi connectivity index (χ1) is 14.5. The Morgan fingerprint density at radius 3 is 2.80 bits per heavy atom. The van der Waals surface area contributed by atoms with Crippen LogP contribution >= 0.6 is 23.2 Å². The number of aliphatic imine (C=N–C) groups is 1.